The first kappa shape index (κ1) is 18.6. The van der Waals surface area contributed by atoms with Gasteiger partial charge in [-0.1, -0.05) is 12.1 Å². The third-order valence-corrected chi connectivity index (χ3v) is 5.80. The van der Waals surface area contributed by atoms with E-state index < -0.39 is 0 Å². The molecule has 1 aliphatic rings. The second-order valence-electron chi connectivity index (χ2n) is 6.51. The van der Waals surface area contributed by atoms with Gasteiger partial charge in [-0.2, -0.15) is 0 Å². The predicted molar refractivity (Wildman–Crippen MR) is 110 cm³/mol. The third kappa shape index (κ3) is 3.90. The Hall–Kier alpha value is -2.77. The van der Waals surface area contributed by atoms with Crippen LogP contribution in [0.25, 0.3) is 10.6 Å². The molecule has 0 atom stereocenters. The van der Waals surface area contributed by atoms with Crippen molar-refractivity contribution in [2.75, 3.05) is 36.5 Å². The lowest BCUT2D eigenvalue weighted by atomic mass is 10.2. The number of halogens is 1. The molecule has 0 bridgehead atoms. The molecule has 5 nitrogen and oxygen atoms in total. The minimum atomic E-state index is -0.297. The lowest BCUT2D eigenvalue weighted by molar-refractivity contribution is 0.103. The van der Waals surface area contributed by atoms with Crippen molar-refractivity contribution in [1.82, 2.24) is 4.98 Å². The van der Waals surface area contributed by atoms with Crippen LogP contribution in [-0.4, -0.2) is 37.2 Å². The van der Waals surface area contributed by atoms with Crippen molar-refractivity contribution in [3.63, 3.8) is 0 Å². The molecular weight excluding hydrogens is 377 g/mol. The maximum atomic E-state index is 13.2. The highest BCUT2D eigenvalue weighted by Crippen LogP contribution is 2.31. The number of para-hydroxylation sites is 2. The molecule has 0 radical (unpaired) electrons. The molecule has 1 saturated heterocycles. The molecule has 0 unspecified atom stereocenters. The number of benzene rings is 2. The molecule has 1 aromatic heterocycles. The van der Waals surface area contributed by atoms with Crippen LogP contribution in [0.5, 0.6) is 0 Å². The largest absolute Gasteiger partial charge is 0.378 e. The summed E-state index contributed by atoms with van der Waals surface area (Å²) in [6, 6.07) is 13.9. The van der Waals surface area contributed by atoms with Crippen molar-refractivity contribution in [2.45, 2.75) is 6.92 Å². The number of rotatable bonds is 4. The Kier molecular flexibility index (Phi) is 5.36. The van der Waals surface area contributed by atoms with Gasteiger partial charge in [-0.3, -0.25) is 4.79 Å². The molecule has 0 aliphatic carbocycles. The molecule has 2 heterocycles. The van der Waals surface area contributed by atoms with Gasteiger partial charge >= 0.3 is 0 Å². The molecule has 3 aromatic rings. The molecule has 1 fully saturated rings. The number of aromatic nitrogens is 1. The number of thiazole rings is 1. The van der Waals surface area contributed by atoms with Gasteiger partial charge in [0.15, 0.2) is 0 Å². The summed E-state index contributed by atoms with van der Waals surface area (Å²) in [6.45, 7) is 4.75. The number of carbonyl (C=O) groups excluding carboxylic acids is 1. The van der Waals surface area contributed by atoms with Crippen LogP contribution < -0.4 is 10.2 Å². The molecule has 1 aliphatic heterocycles. The van der Waals surface area contributed by atoms with Crippen LogP contribution in [0.3, 0.4) is 0 Å². The highest BCUT2D eigenvalue weighted by atomic mass is 32.1. The van der Waals surface area contributed by atoms with Gasteiger partial charge in [0.1, 0.15) is 15.7 Å². The van der Waals surface area contributed by atoms with E-state index in [4.69, 9.17) is 4.74 Å². The average Bonchev–Trinajstić information content (AvgIpc) is 3.11. The molecule has 2 aromatic carbocycles. The first-order valence-corrected chi connectivity index (χ1v) is 9.90. The van der Waals surface area contributed by atoms with E-state index >= 15 is 0 Å². The monoisotopic (exact) mass is 397 g/mol. The van der Waals surface area contributed by atoms with Gasteiger partial charge in [-0.15, -0.1) is 11.3 Å². The summed E-state index contributed by atoms with van der Waals surface area (Å²) >= 11 is 1.31. The molecule has 7 heteroatoms. The Bertz CT molecular complexity index is 982. The zero-order chi connectivity index (χ0) is 19.5. The first-order chi connectivity index (χ1) is 13.6. The van der Waals surface area contributed by atoms with Crippen LogP contribution in [0.1, 0.15) is 15.4 Å². The Balaban J connectivity index is 1.57. The first-order valence-electron chi connectivity index (χ1n) is 9.08. The maximum Gasteiger partial charge on any atom is 0.267 e. The molecular formula is C21H20FN3O2S. The van der Waals surface area contributed by atoms with Gasteiger partial charge in [0.05, 0.1) is 30.3 Å². The summed E-state index contributed by atoms with van der Waals surface area (Å²) in [6.07, 6.45) is 0. The van der Waals surface area contributed by atoms with Crippen molar-refractivity contribution < 1.29 is 13.9 Å². The predicted octanol–water partition coefficient (Wildman–Crippen LogP) is 4.35. The van der Waals surface area contributed by atoms with Gasteiger partial charge in [-0.05, 0) is 43.3 Å². The number of hydrogen-bond acceptors (Lipinski definition) is 5. The lowest BCUT2D eigenvalue weighted by Gasteiger charge is -2.30. The van der Waals surface area contributed by atoms with E-state index in [2.05, 4.69) is 15.2 Å². The van der Waals surface area contributed by atoms with Crippen LogP contribution >= 0.6 is 11.3 Å². The molecule has 144 valence electrons. The van der Waals surface area contributed by atoms with Crippen LogP contribution in [0.15, 0.2) is 48.5 Å². The topological polar surface area (TPSA) is 54.5 Å². The zero-order valence-corrected chi connectivity index (χ0v) is 16.3. The van der Waals surface area contributed by atoms with Crippen LogP contribution in [0, 0.1) is 12.7 Å². The van der Waals surface area contributed by atoms with Crippen LogP contribution in [0.2, 0.25) is 0 Å². The fourth-order valence-corrected chi connectivity index (χ4v) is 4.13. The number of aryl methyl sites for hydroxylation is 1. The Morgan fingerprint density at radius 2 is 1.86 bits per heavy atom. The molecule has 0 saturated carbocycles. The summed E-state index contributed by atoms with van der Waals surface area (Å²) in [5.74, 6) is -0.487. The van der Waals surface area contributed by atoms with Crippen molar-refractivity contribution >= 4 is 28.6 Å². The van der Waals surface area contributed by atoms with E-state index in [1.54, 1.807) is 12.1 Å². The zero-order valence-electron chi connectivity index (χ0n) is 15.4. The van der Waals surface area contributed by atoms with E-state index in [1.807, 2.05) is 31.2 Å². The summed E-state index contributed by atoms with van der Waals surface area (Å²) in [5, 5.41) is 3.73. The van der Waals surface area contributed by atoms with Crippen molar-refractivity contribution in [1.29, 1.82) is 0 Å². The highest BCUT2D eigenvalue weighted by molar-refractivity contribution is 7.17. The minimum Gasteiger partial charge on any atom is -0.378 e. The van der Waals surface area contributed by atoms with Gasteiger partial charge < -0.3 is 15.0 Å². The number of ether oxygens (including phenoxy) is 1. The van der Waals surface area contributed by atoms with Gasteiger partial charge in [0.25, 0.3) is 5.91 Å². The lowest BCUT2D eigenvalue weighted by Crippen LogP contribution is -2.36. The Morgan fingerprint density at radius 1 is 1.14 bits per heavy atom. The number of nitrogens with one attached hydrogen (secondary N) is 1. The van der Waals surface area contributed by atoms with E-state index in [-0.39, 0.29) is 11.7 Å². The van der Waals surface area contributed by atoms with E-state index in [9.17, 15) is 9.18 Å². The summed E-state index contributed by atoms with van der Waals surface area (Å²) in [4.78, 5) is 20.2. The summed E-state index contributed by atoms with van der Waals surface area (Å²) in [5.41, 5.74) is 3.21. The summed E-state index contributed by atoms with van der Waals surface area (Å²) in [7, 11) is 0. The fraction of sp³-hybridized carbons (Fsp3) is 0.238. The van der Waals surface area contributed by atoms with Crippen molar-refractivity contribution in [2.24, 2.45) is 0 Å². The minimum absolute atomic E-state index is 0.191. The maximum absolute atomic E-state index is 13.2. The van der Waals surface area contributed by atoms with Gasteiger partial charge in [0, 0.05) is 18.7 Å². The average molecular weight is 397 g/mol. The smallest absolute Gasteiger partial charge is 0.267 e. The van der Waals surface area contributed by atoms with E-state index in [1.165, 1.54) is 23.5 Å². The van der Waals surface area contributed by atoms with E-state index in [0.717, 1.165) is 30.0 Å². The molecule has 0 spiro atoms. The Labute approximate surface area is 166 Å². The fourth-order valence-electron chi connectivity index (χ4n) is 3.16. The number of hydrogen-bond donors (Lipinski definition) is 1. The number of anilines is 2. The highest BCUT2D eigenvalue weighted by Gasteiger charge is 2.20. The molecule has 4 rings (SSSR count). The molecule has 28 heavy (non-hydrogen) atoms. The number of morpholine rings is 1. The number of carbonyl (C=O) groups is 1. The quantitative estimate of drug-likeness (QED) is 0.711. The third-order valence-electron chi connectivity index (χ3n) is 4.60. The molecule has 1 amide bonds. The SMILES string of the molecule is Cc1nc(-c2ccc(F)cc2)sc1C(=O)Nc1ccccc1N1CCOCC1. The summed E-state index contributed by atoms with van der Waals surface area (Å²) < 4.78 is 18.6. The number of amides is 1. The van der Waals surface area contributed by atoms with Crippen LogP contribution in [-0.2, 0) is 4.74 Å². The molecule has 1 N–H and O–H groups in total. The Morgan fingerprint density at radius 3 is 2.61 bits per heavy atom. The van der Waals surface area contributed by atoms with Crippen LogP contribution in [0.4, 0.5) is 15.8 Å². The number of nitrogens with zero attached hydrogens (tertiary/aromatic N) is 2. The standard InChI is InChI=1S/C21H20FN3O2S/c1-14-19(28-21(23-14)15-6-8-16(22)9-7-15)20(26)24-17-4-2-3-5-18(17)25-10-12-27-13-11-25/h2-9H,10-13H2,1H3,(H,24,26). The second kappa shape index (κ2) is 8.08. The van der Waals surface area contributed by atoms with Gasteiger partial charge in [0.2, 0.25) is 0 Å². The second-order valence-corrected chi connectivity index (χ2v) is 7.51. The van der Waals surface area contributed by atoms with Crippen molar-refractivity contribution in [3.8, 4) is 10.6 Å². The van der Waals surface area contributed by atoms with Crippen molar-refractivity contribution in [3.05, 3.63) is 64.9 Å². The van der Waals surface area contributed by atoms with Gasteiger partial charge in [-0.25, -0.2) is 9.37 Å². The normalized spacial score (nSPS) is 14.1. The van der Waals surface area contributed by atoms with E-state index in [0.29, 0.717) is 28.8 Å².